The van der Waals surface area contributed by atoms with Crippen LogP contribution in [0.1, 0.15) is 23.2 Å². The SMILES string of the molecule is CNC(=O)COc1ccc(CC(C)N2CCOC(O)(c3csc(C(F)(F)F)n3)C2)cc1. The number of halogens is 3. The standard InChI is InChI=1S/C20H24F3N3O4S/c1-13(9-14-3-5-15(6-4-14)29-10-17(27)24-2)26-7-8-30-19(28,12-26)16-11-31-18(25-16)20(21,22)23/h3-6,11,13,28H,7-10,12H2,1-2H3,(H,24,27). The molecule has 0 bridgehead atoms. The Morgan fingerprint density at radius 1 is 1.42 bits per heavy atom. The van der Waals surface area contributed by atoms with Gasteiger partial charge in [0.15, 0.2) is 11.6 Å². The van der Waals surface area contributed by atoms with Gasteiger partial charge in [-0.1, -0.05) is 12.1 Å². The molecule has 11 heteroatoms. The van der Waals surface area contributed by atoms with E-state index in [1.165, 1.54) is 12.4 Å². The number of amides is 1. The molecule has 3 rings (SSSR count). The number of hydrogen-bond donors (Lipinski definition) is 2. The fourth-order valence-electron chi connectivity index (χ4n) is 3.26. The number of aliphatic hydroxyl groups is 1. The first kappa shape index (κ1) is 23.5. The number of alkyl halides is 3. The van der Waals surface area contributed by atoms with Crippen molar-refractivity contribution in [1.29, 1.82) is 0 Å². The maximum atomic E-state index is 12.9. The van der Waals surface area contributed by atoms with Gasteiger partial charge in [0.05, 0.1) is 13.2 Å². The largest absolute Gasteiger partial charge is 0.484 e. The summed E-state index contributed by atoms with van der Waals surface area (Å²) in [5.41, 5.74) is 0.891. The van der Waals surface area contributed by atoms with E-state index in [-0.39, 0.29) is 37.4 Å². The zero-order valence-electron chi connectivity index (χ0n) is 17.1. The summed E-state index contributed by atoms with van der Waals surface area (Å²) >= 11 is 0.438. The van der Waals surface area contributed by atoms with E-state index >= 15 is 0 Å². The third kappa shape index (κ3) is 5.94. The molecular weight excluding hydrogens is 435 g/mol. The third-order valence-electron chi connectivity index (χ3n) is 5.01. The molecule has 1 amide bonds. The molecule has 0 spiro atoms. The van der Waals surface area contributed by atoms with E-state index < -0.39 is 17.0 Å². The van der Waals surface area contributed by atoms with Crippen molar-refractivity contribution in [2.75, 3.05) is 33.4 Å². The van der Waals surface area contributed by atoms with Gasteiger partial charge in [-0.2, -0.15) is 13.2 Å². The summed E-state index contributed by atoms with van der Waals surface area (Å²) in [6.45, 7) is 2.64. The molecule has 1 aliphatic rings. The van der Waals surface area contributed by atoms with Gasteiger partial charge in [-0.3, -0.25) is 9.69 Å². The fourth-order valence-corrected chi connectivity index (χ4v) is 4.00. The molecule has 1 saturated heterocycles. The van der Waals surface area contributed by atoms with E-state index in [4.69, 9.17) is 9.47 Å². The second kappa shape index (κ2) is 9.51. The topological polar surface area (TPSA) is 83.9 Å². The van der Waals surface area contributed by atoms with Crippen LogP contribution in [-0.2, 0) is 27.9 Å². The number of morpholine rings is 1. The van der Waals surface area contributed by atoms with Crippen molar-refractivity contribution >= 4 is 17.2 Å². The van der Waals surface area contributed by atoms with E-state index in [0.29, 0.717) is 30.1 Å². The van der Waals surface area contributed by atoms with Crippen molar-refractivity contribution in [3.05, 3.63) is 45.9 Å². The molecule has 2 heterocycles. The zero-order chi connectivity index (χ0) is 22.6. The number of aromatic nitrogens is 1. The molecular formula is C20H24F3N3O4S. The van der Waals surface area contributed by atoms with Gasteiger partial charge in [0.25, 0.3) is 5.91 Å². The van der Waals surface area contributed by atoms with Crippen LogP contribution in [0.3, 0.4) is 0 Å². The van der Waals surface area contributed by atoms with Gasteiger partial charge in [0.1, 0.15) is 11.4 Å². The Morgan fingerprint density at radius 2 is 2.13 bits per heavy atom. The molecule has 1 fully saturated rings. The van der Waals surface area contributed by atoms with Gasteiger partial charge in [0.2, 0.25) is 5.79 Å². The molecule has 2 unspecified atom stereocenters. The van der Waals surface area contributed by atoms with Crippen LogP contribution in [0.5, 0.6) is 5.75 Å². The maximum absolute atomic E-state index is 12.9. The quantitative estimate of drug-likeness (QED) is 0.662. The predicted molar refractivity (Wildman–Crippen MR) is 108 cm³/mol. The first-order valence-electron chi connectivity index (χ1n) is 9.66. The van der Waals surface area contributed by atoms with Crippen LogP contribution in [0.25, 0.3) is 0 Å². The average Bonchev–Trinajstić information content (AvgIpc) is 3.25. The minimum absolute atomic E-state index is 0.00575. The van der Waals surface area contributed by atoms with Crippen LogP contribution in [0.4, 0.5) is 13.2 Å². The monoisotopic (exact) mass is 459 g/mol. The van der Waals surface area contributed by atoms with E-state index in [0.717, 1.165) is 5.56 Å². The van der Waals surface area contributed by atoms with E-state index in [1.54, 1.807) is 12.1 Å². The lowest BCUT2D eigenvalue weighted by molar-refractivity contribution is -0.254. The molecule has 1 aromatic carbocycles. The number of rotatable bonds is 7. The number of β-amino-alcohol motifs (C(OH)–C–C–N with tert-alkyl or cyclic N) is 1. The Balaban J connectivity index is 1.61. The zero-order valence-corrected chi connectivity index (χ0v) is 17.9. The number of nitrogens with one attached hydrogen (secondary N) is 1. The van der Waals surface area contributed by atoms with Crippen LogP contribution in [0.2, 0.25) is 0 Å². The van der Waals surface area contributed by atoms with E-state index in [9.17, 15) is 23.1 Å². The minimum atomic E-state index is -4.56. The Hall–Kier alpha value is -2.21. The van der Waals surface area contributed by atoms with Gasteiger partial charge in [-0.25, -0.2) is 4.98 Å². The maximum Gasteiger partial charge on any atom is 0.443 e. The number of carbonyl (C=O) groups is 1. The van der Waals surface area contributed by atoms with Crippen LogP contribution in [0, 0.1) is 0 Å². The lowest BCUT2D eigenvalue weighted by atomic mass is 10.0. The molecule has 2 atom stereocenters. The molecule has 0 radical (unpaired) electrons. The second-order valence-electron chi connectivity index (χ2n) is 7.30. The third-order valence-corrected chi connectivity index (χ3v) is 5.90. The molecule has 0 saturated carbocycles. The summed E-state index contributed by atoms with van der Waals surface area (Å²) in [6, 6.07) is 7.31. The van der Waals surface area contributed by atoms with Crippen molar-refractivity contribution in [3.8, 4) is 5.75 Å². The fraction of sp³-hybridized carbons (Fsp3) is 0.500. The average molecular weight is 459 g/mol. The van der Waals surface area contributed by atoms with Crippen molar-refractivity contribution < 1.29 is 32.5 Å². The minimum Gasteiger partial charge on any atom is -0.484 e. The molecule has 7 nitrogen and oxygen atoms in total. The van der Waals surface area contributed by atoms with Gasteiger partial charge in [-0.05, 0) is 31.0 Å². The number of benzene rings is 1. The van der Waals surface area contributed by atoms with Gasteiger partial charge in [-0.15, -0.1) is 11.3 Å². The van der Waals surface area contributed by atoms with Crippen LogP contribution in [-0.4, -0.2) is 60.3 Å². The van der Waals surface area contributed by atoms with Crippen molar-refractivity contribution in [1.82, 2.24) is 15.2 Å². The molecule has 2 aromatic rings. The summed E-state index contributed by atoms with van der Waals surface area (Å²) in [5, 5.41) is 13.5. The molecule has 2 N–H and O–H groups in total. The molecule has 1 aliphatic heterocycles. The lowest BCUT2D eigenvalue weighted by Gasteiger charge is -2.41. The number of hydrogen-bond acceptors (Lipinski definition) is 7. The van der Waals surface area contributed by atoms with Crippen LogP contribution >= 0.6 is 11.3 Å². The van der Waals surface area contributed by atoms with Crippen molar-refractivity contribution in [2.24, 2.45) is 0 Å². The Labute approximate surface area is 181 Å². The molecule has 170 valence electrons. The van der Waals surface area contributed by atoms with Gasteiger partial charge in [0, 0.05) is 25.0 Å². The Kier molecular flexibility index (Phi) is 7.20. The number of likely N-dealkylation sites (N-methyl/N-ethyl adjacent to an activating group) is 1. The lowest BCUT2D eigenvalue weighted by Crippen LogP contribution is -2.53. The van der Waals surface area contributed by atoms with Crippen LogP contribution in [0.15, 0.2) is 29.6 Å². The number of nitrogens with zero attached hydrogens (tertiary/aromatic N) is 2. The van der Waals surface area contributed by atoms with Crippen LogP contribution < -0.4 is 10.1 Å². The number of carbonyl (C=O) groups excluding carboxylic acids is 1. The summed E-state index contributed by atoms with van der Waals surface area (Å²) in [6.07, 6.45) is -3.91. The van der Waals surface area contributed by atoms with Crippen molar-refractivity contribution in [3.63, 3.8) is 0 Å². The van der Waals surface area contributed by atoms with Crippen molar-refractivity contribution in [2.45, 2.75) is 31.3 Å². The Morgan fingerprint density at radius 3 is 2.74 bits per heavy atom. The summed E-state index contributed by atoms with van der Waals surface area (Å²) in [4.78, 5) is 16.8. The van der Waals surface area contributed by atoms with Gasteiger partial charge < -0.3 is 19.9 Å². The van der Waals surface area contributed by atoms with E-state index in [2.05, 4.69) is 10.3 Å². The van der Waals surface area contributed by atoms with E-state index in [1.807, 2.05) is 24.0 Å². The predicted octanol–water partition coefficient (Wildman–Crippen LogP) is 2.40. The first-order chi connectivity index (χ1) is 14.6. The number of ether oxygens (including phenoxy) is 2. The summed E-state index contributed by atoms with van der Waals surface area (Å²) in [5.74, 6) is -1.53. The summed E-state index contributed by atoms with van der Waals surface area (Å²) in [7, 11) is 1.53. The highest BCUT2D eigenvalue weighted by Gasteiger charge is 2.42. The molecule has 31 heavy (non-hydrogen) atoms. The normalized spacial score (nSPS) is 21.0. The second-order valence-corrected chi connectivity index (χ2v) is 8.16. The highest BCUT2D eigenvalue weighted by molar-refractivity contribution is 7.09. The first-order valence-corrected chi connectivity index (χ1v) is 10.5. The molecule has 0 aliphatic carbocycles. The highest BCUT2D eigenvalue weighted by atomic mass is 32.1. The number of thiazole rings is 1. The van der Waals surface area contributed by atoms with Gasteiger partial charge >= 0.3 is 6.18 Å². The smallest absolute Gasteiger partial charge is 0.443 e. The Bertz CT molecular complexity index is 891. The highest BCUT2D eigenvalue weighted by Crippen LogP contribution is 2.36. The summed E-state index contributed by atoms with van der Waals surface area (Å²) < 4.78 is 49.4. The molecule has 1 aromatic heterocycles.